The summed E-state index contributed by atoms with van der Waals surface area (Å²) in [4.78, 5) is 16.6. The molecule has 162 valence electrons. The van der Waals surface area contributed by atoms with E-state index in [-0.39, 0.29) is 28.7 Å². The zero-order chi connectivity index (χ0) is 22.3. The quantitative estimate of drug-likeness (QED) is 0.461. The van der Waals surface area contributed by atoms with E-state index >= 15 is 0 Å². The Morgan fingerprint density at radius 2 is 1.68 bits per heavy atom. The van der Waals surface area contributed by atoms with Crippen molar-refractivity contribution < 1.29 is 13.6 Å². The number of carbonyl (C=O) groups is 1. The molecule has 0 aliphatic heterocycles. The van der Waals surface area contributed by atoms with E-state index < -0.39 is 12.5 Å². The molecule has 1 heterocycles. The normalized spacial score (nSPS) is 11.2. The second-order valence-electron chi connectivity index (χ2n) is 6.98. The summed E-state index contributed by atoms with van der Waals surface area (Å²) in [6.07, 6.45) is -0.0752. The maximum Gasteiger partial charge on any atom is 0.290 e. The van der Waals surface area contributed by atoms with Gasteiger partial charge in [0.05, 0.1) is 23.7 Å². The van der Waals surface area contributed by atoms with E-state index in [1.807, 2.05) is 24.3 Å². The molecule has 0 saturated heterocycles. The summed E-state index contributed by atoms with van der Waals surface area (Å²) in [6.45, 7) is 0.0684. The molecule has 0 aliphatic carbocycles. The van der Waals surface area contributed by atoms with E-state index in [2.05, 4.69) is 15.6 Å². The van der Waals surface area contributed by atoms with Gasteiger partial charge in [-0.1, -0.05) is 66.2 Å². The fourth-order valence-corrected chi connectivity index (χ4v) is 3.20. The van der Waals surface area contributed by atoms with Gasteiger partial charge in [-0.3, -0.25) is 4.79 Å². The summed E-state index contributed by atoms with van der Waals surface area (Å²) in [5.41, 5.74) is 7.80. The van der Waals surface area contributed by atoms with Crippen molar-refractivity contribution in [1.29, 1.82) is 0 Å². The van der Waals surface area contributed by atoms with Crippen molar-refractivity contribution in [3.05, 3.63) is 94.1 Å². The zero-order valence-electron chi connectivity index (χ0n) is 16.7. The number of anilines is 1. The summed E-state index contributed by atoms with van der Waals surface area (Å²) >= 11 is 6.16. The molecule has 5 nitrogen and oxygen atoms in total. The van der Waals surface area contributed by atoms with Crippen molar-refractivity contribution in [2.75, 3.05) is 11.9 Å². The lowest BCUT2D eigenvalue weighted by Crippen LogP contribution is -2.26. The number of rotatable bonds is 9. The van der Waals surface area contributed by atoms with Crippen LogP contribution in [-0.2, 0) is 30.2 Å². The number of carbonyl (C=O) groups excluding carboxylic acids is 1. The summed E-state index contributed by atoms with van der Waals surface area (Å²) in [6, 6.07) is 18.1. The predicted molar refractivity (Wildman–Crippen MR) is 118 cm³/mol. The lowest BCUT2D eigenvalue weighted by molar-refractivity contribution is -0.120. The van der Waals surface area contributed by atoms with Crippen LogP contribution in [0.2, 0.25) is 5.02 Å². The van der Waals surface area contributed by atoms with Crippen LogP contribution in [0.4, 0.5) is 14.6 Å². The Hall–Kier alpha value is -3.03. The number of aromatic nitrogens is 1. The number of nitrogens with one attached hydrogen (secondary N) is 2. The number of nitrogens with two attached hydrogens (primary N) is 1. The Balaban J connectivity index is 1.61. The van der Waals surface area contributed by atoms with Crippen molar-refractivity contribution in [2.45, 2.75) is 25.4 Å². The van der Waals surface area contributed by atoms with Crippen LogP contribution in [0.1, 0.15) is 22.4 Å². The van der Waals surface area contributed by atoms with Crippen LogP contribution in [0, 0.1) is 0 Å². The second-order valence-corrected chi connectivity index (χ2v) is 7.38. The average Bonchev–Trinajstić information content (AvgIpc) is 2.79. The molecule has 2 aromatic carbocycles. The molecule has 0 fully saturated rings. The highest BCUT2D eigenvalue weighted by Gasteiger charge is 2.31. The Labute approximate surface area is 184 Å². The first kappa shape index (κ1) is 22.7. The Morgan fingerprint density at radius 1 is 1.00 bits per heavy atom. The summed E-state index contributed by atoms with van der Waals surface area (Å²) in [5, 5.41) is 5.73. The number of amides is 1. The lowest BCUT2D eigenvalue weighted by atomic mass is 10.1. The zero-order valence-corrected chi connectivity index (χ0v) is 17.5. The summed E-state index contributed by atoms with van der Waals surface area (Å²) in [7, 11) is 0. The highest BCUT2D eigenvalue weighted by Crippen LogP contribution is 2.28. The van der Waals surface area contributed by atoms with Gasteiger partial charge in [-0.15, -0.1) is 0 Å². The van der Waals surface area contributed by atoms with E-state index in [0.29, 0.717) is 18.8 Å². The maximum atomic E-state index is 14.4. The fourth-order valence-electron chi connectivity index (χ4n) is 3.03. The van der Waals surface area contributed by atoms with Crippen LogP contribution in [0.3, 0.4) is 0 Å². The molecular weight excluding hydrogens is 422 g/mol. The van der Waals surface area contributed by atoms with Crippen LogP contribution < -0.4 is 16.4 Å². The minimum Gasteiger partial charge on any atom is -0.364 e. The molecule has 0 spiro atoms. The second kappa shape index (κ2) is 10.3. The van der Waals surface area contributed by atoms with Crippen molar-refractivity contribution in [1.82, 2.24) is 10.3 Å². The summed E-state index contributed by atoms with van der Waals surface area (Å²) < 4.78 is 28.7. The topological polar surface area (TPSA) is 80.0 Å². The molecule has 1 amide bonds. The number of benzene rings is 2. The molecular formula is C23H23ClF2N4O. The molecule has 0 unspecified atom stereocenters. The number of halogens is 3. The highest BCUT2D eigenvalue weighted by atomic mass is 35.5. The monoisotopic (exact) mass is 444 g/mol. The highest BCUT2D eigenvalue weighted by molar-refractivity contribution is 6.31. The molecule has 0 aliphatic rings. The van der Waals surface area contributed by atoms with Crippen LogP contribution >= 0.6 is 11.6 Å². The molecule has 31 heavy (non-hydrogen) atoms. The largest absolute Gasteiger partial charge is 0.364 e. The van der Waals surface area contributed by atoms with E-state index in [1.165, 1.54) is 24.3 Å². The van der Waals surface area contributed by atoms with Gasteiger partial charge in [-0.2, -0.15) is 8.78 Å². The lowest BCUT2D eigenvalue weighted by Gasteiger charge is -2.18. The third kappa shape index (κ3) is 6.23. The molecule has 0 bridgehead atoms. The van der Waals surface area contributed by atoms with Gasteiger partial charge in [-0.05, 0) is 23.3 Å². The van der Waals surface area contributed by atoms with Gasteiger partial charge in [0, 0.05) is 18.7 Å². The van der Waals surface area contributed by atoms with Gasteiger partial charge >= 0.3 is 0 Å². The van der Waals surface area contributed by atoms with Crippen molar-refractivity contribution >= 4 is 23.3 Å². The number of nitrogens with zero attached hydrogens (tertiary/aromatic N) is 1. The third-order valence-electron chi connectivity index (χ3n) is 4.75. The van der Waals surface area contributed by atoms with Gasteiger partial charge in [0.1, 0.15) is 5.82 Å². The summed E-state index contributed by atoms with van der Waals surface area (Å²) in [5.74, 6) is -3.14. The molecule has 3 rings (SSSR count). The molecule has 3 aromatic rings. The first-order valence-corrected chi connectivity index (χ1v) is 10.1. The van der Waals surface area contributed by atoms with E-state index in [1.54, 1.807) is 18.2 Å². The number of hydrogen-bond donors (Lipinski definition) is 3. The SMILES string of the molecule is NCc1ccccc1CNC(=O)Cc1nc(NCC(F)(F)c2ccccc2)ccc1Cl. The number of alkyl halides is 2. The maximum absolute atomic E-state index is 14.4. The van der Waals surface area contributed by atoms with Crippen molar-refractivity contribution in [2.24, 2.45) is 5.73 Å². The van der Waals surface area contributed by atoms with Crippen molar-refractivity contribution in [3.63, 3.8) is 0 Å². The van der Waals surface area contributed by atoms with Crippen LogP contribution in [0.25, 0.3) is 0 Å². The minimum absolute atomic E-state index is 0.0752. The van der Waals surface area contributed by atoms with E-state index in [0.717, 1.165) is 11.1 Å². The molecule has 0 radical (unpaired) electrons. The molecule has 1 aromatic heterocycles. The first-order valence-electron chi connectivity index (χ1n) is 9.75. The van der Waals surface area contributed by atoms with Gasteiger partial charge in [0.2, 0.25) is 5.91 Å². The molecule has 4 N–H and O–H groups in total. The minimum atomic E-state index is -3.07. The molecule has 0 saturated carbocycles. The number of pyridine rings is 1. The number of hydrogen-bond acceptors (Lipinski definition) is 4. The molecule has 8 heteroatoms. The smallest absolute Gasteiger partial charge is 0.290 e. The van der Waals surface area contributed by atoms with E-state index in [4.69, 9.17) is 17.3 Å². The standard InChI is InChI=1S/C23H23ClF2N4O/c24-19-10-11-21(29-15-23(25,26)18-8-2-1-3-9-18)30-20(19)12-22(31)28-14-17-7-5-4-6-16(17)13-27/h1-11H,12-15,27H2,(H,28,31)(H,29,30). The Bertz CT molecular complexity index is 1030. The predicted octanol–water partition coefficient (Wildman–Crippen LogP) is 4.26. The average molecular weight is 445 g/mol. The Morgan fingerprint density at radius 3 is 2.39 bits per heavy atom. The third-order valence-corrected chi connectivity index (χ3v) is 5.09. The first-order chi connectivity index (χ1) is 14.9. The van der Waals surface area contributed by atoms with Crippen LogP contribution in [0.15, 0.2) is 66.7 Å². The van der Waals surface area contributed by atoms with Crippen LogP contribution in [-0.4, -0.2) is 17.4 Å². The van der Waals surface area contributed by atoms with Crippen molar-refractivity contribution in [3.8, 4) is 0 Å². The van der Waals surface area contributed by atoms with Gasteiger partial charge in [0.15, 0.2) is 0 Å². The molecule has 0 atom stereocenters. The van der Waals surface area contributed by atoms with Gasteiger partial charge in [-0.25, -0.2) is 4.98 Å². The van der Waals surface area contributed by atoms with Gasteiger partial charge < -0.3 is 16.4 Å². The Kier molecular flexibility index (Phi) is 7.55. The van der Waals surface area contributed by atoms with Crippen LogP contribution in [0.5, 0.6) is 0 Å². The fraction of sp³-hybridized carbons (Fsp3) is 0.217. The van der Waals surface area contributed by atoms with Gasteiger partial charge in [0.25, 0.3) is 5.92 Å². The van der Waals surface area contributed by atoms with E-state index in [9.17, 15) is 13.6 Å².